The molecule has 1 amide bonds. The molecule has 0 aliphatic rings. The van der Waals surface area contributed by atoms with Gasteiger partial charge in [0.25, 0.3) is 5.91 Å². The average molecular weight is 253 g/mol. The summed E-state index contributed by atoms with van der Waals surface area (Å²) in [5, 5.41) is 0. The Kier molecular flexibility index (Phi) is 5.01. The van der Waals surface area contributed by atoms with Crippen molar-refractivity contribution in [2.45, 2.75) is 19.8 Å². The number of hydrogen-bond donors (Lipinski definition) is 0. The molecule has 98 valence electrons. The first-order valence-corrected chi connectivity index (χ1v) is 5.92. The van der Waals surface area contributed by atoms with Gasteiger partial charge in [-0.15, -0.1) is 0 Å². The number of carbonyl (C=O) groups is 1. The molecule has 1 aromatic rings. The minimum absolute atomic E-state index is 0.282. The fourth-order valence-electron chi connectivity index (χ4n) is 1.56. The first-order valence-electron chi connectivity index (χ1n) is 5.92. The summed E-state index contributed by atoms with van der Waals surface area (Å²) in [5.74, 6) is -4.61. The molecule has 0 aliphatic heterocycles. The van der Waals surface area contributed by atoms with Crippen LogP contribution in [-0.2, 0) is 4.79 Å². The Morgan fingerprint density at radius 1 is 1.22 bits per heavy atom. The lowest BCUT2D eigenvalue weighted by Gasteiger charge is -2.22. The van der Waals surface area contributed by atoms with E-state index in [1.807, 2.05) is 0 Å². The number of benzene rings is 1. The maximum absolute atomic E-state index is 13.6. The summed E-state index contributed by atoms with van der Waals surface area (Å²) < 4.78 is 27.3. The summed E-state index contributed by atoms with van der Waals surface area (Å²) in [4.78, 5) is 12.7. The van der Waals surface area contributed by atoms with Crippen LogP contribution in [0.5, 0.6) is 0 Å². The van der Waals surface area contributed by atoms with Gasteiger partial charge in [0.15, 0.2) is 0 Å². The van der Waals surface area contributed by atoms with Crippen molar-refractivity contribution in [3.63, 3.8) is 0 Å². The van der Waals surface area contributed by atoms with Crippen LogP contribution in [0.1, 0.15) is 19.4 Å². The van der Waals surface area contributed by atoms with E-state index in [0.717, 1.165) is 4.90 Å². The molecule has 0 unspecified atom stereocenters. The molecule has 0 N–H and O–H groups in total. The lowest BCUT2D eigenvalue weighted by molar-refractivity contribution is -0.150. The molecule has 0 saturated carbocycles. The number of rotatable bonds is 5. The van der Waals surface area contributed by atoms with Gasteiger partial charge in [-0.3, -0.25) is 4.79 Å². The van der Waals surface area contributed by atoms with Crippen LogP contribution in [0.15, 0.2) is 36.4 Å². The molecule has 0 aromatic heterocycles. The molecule has 1 rings (SSSR count). The summed E-state index contributed by atoms with van der Waals surface area (Å²) >= 11 is 0. The van der Waals surface area contributed by atoms with Crippen LogP contribution in [0.4, 0.5) is 8.78 Å². The van der Waals surface area contributed by atoms with E-state index in [1.165, 1.54) is 6.08 Å². The number of nitrogens with zero attached hydrogens (tertiary/aromatic N) is 1. The third-order valence-corrected chi connectivity index (χ3v) is 2.62. The van der Waals surface area contributed by atoms with Gasteiger partial charge in [0.05, 0.1) is 0 Å². The molecule has 0 radical (unpaired) electrons. The first kappa shape index (κ1) is 14.4. The maximum atomic E-state index is 13.6. The van der Waals surface area contributed by atoms with E-state index in [0.29, 0.717) is 11.6 Å². The molecule has 0 atom stereocenters. The zero-order valence-electron chi connectivity index (χ0n) is 10.6. The highest BCUT2D eigenvalue weighted by Crippen LogP contribution is 2.20. The van der Waals surface area contributed by atoms with Crippen molar-refractivity contribution in [2.24, 2.45) is 0 Å². The fraction of sp³-hybridized carbons (Fsp3) is 0.357. The number of carbonyl (C=O) groups excluding carboxylic acids is 1. The zero-order valence-corrected chi connectivity index (χ0v) is 10.6. The largest absolute Gasteiger partial charge is 0.343 e. The minimum Gasteiger partial charge on any atom is -0.338 e. The lowest BCUT2D eigenvalue weighted by atomic mass is 10.1. The van der Waals surface area contributed by atoms with Gasteiger partial charge in [0.1, 0.15) is 0 Å². The fourth-order valence-corrected chi connectivity index (χ4v) is 1.56. The minimum atomic E-state index is -3.46. The third-order valence-electron chi connectivity index (χ3n) is 2.62. The van der Waals surface area contributed by atoms with E-state index in [2.05, 4.69) is 0 Å². The molecule has 0 saturated heterocycles. The second-order valence-corrected chi connectivity index (χ2v) is 3.84. The summed E-state index contributed by atoms with van der Waals surface area (Å²) in [6.07, 6.45) is 1.92. The van der Waals surface area contributed by atoms with Gasteiger partial charge < -0.3 is 4.90 Å². The molecule has 0 aliphatic carbocycles. The average Bonchev–Trinajstić information content (AvgIpc) is 2.39. The number of alkyl halides is 2. The standard InChI is InChI=1S/C14H17F2NO/c1-3-17(4-2)13(18)14(15,16)11-10-12-8-6-5-7-9-12/h5-11H,3-4H2,1-2H3/b11-10+. The Morgan fingerprint density at radius 3 is 2.28 bits per heavy atom. The number of halogens is 2. The van der Waals surface area contributed by atoms with E-state index in [1.54, 1.807) is 44.2 Å². The molecule has 1 aromatic carbocycles. The predicted octanol–water partition coefficient (Wildman–Crippen LogP) is 3.20. The van der Waals surface area contributed by atoms with Gasteiger partial charge in [-0.05, 0) is 25.5 Å². The van der Waals surface area contributed by atoms with Crippen molar-refractivity contribution in [3.8, 4) is 0 Å². The van der Waals surface area contributed by atoms with Crippen molar-refractivity contribution in [1.29, 1.82) is 0 Å². The van der Waals surface area contributed by atoms with Crippen LogP contribution < -0.4 is 0 Å². The topological polar surface area (TPSA) is 20.3 Å². The van der Waals surface area contributed by atoms with Crippen molar-refractivity contribution in [2.75, 3.05) is 13.1 Å². The van der Waals surface area contributed by atoms with E-state index in [4.69, 9.17) is 0 Å². The van der Waals surface area contributed by atoms with Gasteiger partial charge >= 0.3 is 5.92 Å². The summed E-state index contributed by atoms with van der Waals surface area (Å²) in [5.41, 5.74) is 0.643. The predicted molar refractivity (Wildman–Crippen MR) is 68.4 cm³/mol. The van der Waals surface area contributed by atoms with Gasteiger partial charge in [-0.1, -0.05) is 36.4 Å². The molecular weight excluding hydrogens is 236 g/mol. The second-order valence-electron chi connectivity index (χ2n) is 3.84. The molecule has 0 heterocycles. The summed E-state index contributed by atoms with van der Waals surface area (Å²) in [6.45, 7) is 3.92. The lowest BCUT2D eigenvalue weighted by Crippen LogP contribution is -2.42. The van der Waals surface area contributed by atoms with Crippen molar-refractivity contribution in [1.82, 2.24) is 4.90 Å². The Labute approximate surface area is 106 Å². The van der Waals surface area contributed by atoms with Crippen LogP contribution in [0.25, 0.3) is 6.08 Å². The van der Waals surface area contributed by atoms with Gasteiger partial charge in [-0.25, -0.2) is 0 Å². The number of amides is 1. The van der Waals surface area contributed by atoms with Crippen molar-refractivity contribution in [3.05, 3.63) is 42.0 Å². The number of hydrogen-bond acceptors (Lipinski definition) is 1. The van der Waals surface area contributed by atoms with Crippen LogP contribution in [-0.4, -0.2) is 29.8 Å². The highest BCUT2D eigenvalue weighted by atomic mass is 19.3. The Balaban J connectivity index is 2.81. The van der Waals surface area contributed by atoms with Crippen LogP contribution in [0.2, 0.25) is 0 Å². The quantitative estimate of drug-likeness (QED) is 0.789. The van der Waals surface area contributed by atoms with E-state index >= 15 is 0 Å². The van der Waals surface area contributed by atoms with Gasteiger partial charge in [-0.2, -0.15) is 8.78 Å². The molecule has 4 heteroatoms. The zero-order chi connectivity index (χ0) is 13.6. The molecule has 2 nitrogen and oxygen atoms in total. The van der Waals surface area contributed by atoms with E-state index < -0.39 is 11.8 Å². The van der Waals surface area contributed by atoms with Crippen molar-refractivity contribution >= 4 is 12.0 Å². The highest BCUT2D eigenvalue weighted by molar-refractivity contribution is 5.86. The first-order chi connectivity index (χ1) is 8.51. The smallest absolute Gasteiger partial charge is 0.338 e. The Hall–Kier alpha value is -1.71. The molecule has 18 heavy (non-hydrogen) atoms. The van der Waals surface area contributed by atoms with Gasteiger partial charge in [0.2, 0.25) is 0 Å². The third kappa shape index (κ3) is 3.65. The Bertz CT molecular complexity index is 411. The van der Waals surface area contributed by atoms with E-state index in [9.17, 15) is 13.6 Å². The summed E-state index contributed by atoms with van der Waals surface area (Å²) in [6, 6.07) is 8.72. The van der Waals surface area contributed by atoms with Crippen LogP contribution in [0, 0.1) is 0 Å². The molecule has 0 bridgehead atoms. The van der Waals surface area contributed by atoms with Crippen LogP contribution in [0.3, 0.4) is 0 Å². The van der Waals surface area contributed by atoms with E-state index in [-0.39, 0.29) is 13.1 Å². The van der Waals surface area contributed by atoms with Gasteiger partial charge in [0, 0.05) is 13.1 Å². The maximum Gasteiger partial charge on any atom is 0.343 e. The van der Waals surface area contributed by atoms with Crippen molar-refractivity contribution < 1.29 is 13.6 Å². The monoisotopic (exact) mass is 253 g/mol. The molecular formula is C14H17F2NO. The molecule has 0 spiro atoms. The molecule has 0 fully saturated rings. The Morgan fingerprint density at radius 2 is 1.78 bits per heavy atom. The second kappa shape index (κ2) is 6.28. The van der Waals surface area contributed by atoms with Crippen LogP contribution >= 0.6 is 0 Å². The summed E-state index contributed by atoms with van der Waals surface area (Å²) in [7, 11) is 0. The highest BCUT2D eigenvalue weighted by Gasteiger charge is 2.38. The normalized spacial score (nSPS) is 11.8. The SMILES string of the molecule is CCN(CC)C(=O)C(F)(F)/C=C/c1ccccc1.